The van der Waals surface area contributed by atoms with Gasteiger partial charge < -0.3 is 20.9 Å². The Morgan fingerprint density at radius 3 is 2.41 bits per heavy atom. The second-order valence-electron chi connectivity index (χ2n) is 9.60. The second kappa shape index (κ2) is 9.95. The van der Waals surface area contributed by atoms with Crippen LogP contribution >= 0.6 is 0 Å². The molecule has 3 heterocycles. The largest absolute Gasteiger partial charge is 0.371 e. The summed E-state index contributed by atoms with van der Waals surface area (Å²) >= 11 is 0. The maximum Gasteiger partial charge on any atom is 0.255 e. The highest BCUT2D eigenvalue weighted by atomic mass is 32.2. The van der Waals surface area contributed by atoms with E-state index in [0.717, 1.165) is 37.2 Å². The Balaban J connectivity index is 1.34. The van der Waals surface area contributed by atoms with Crippen LogP contribution in [-0.2, 0) is 9.84 Å². The number of nitrogens with one attached hydrogen (secondary N) is 2. The first-order valence-corrected chi connectivity index (χ1v) is 13.9. The normalized spacial score (nSPS) is 14.9. The van der Waals surface area contributed by atoms with Crippen LogP contribution in [0.1, 0.15) is 37.0 Å². The molecular formula is C27H30N6O3S. The predicted molar refractivity (Wildman–Crippen MR) is 145 cm³/mol. The number of benzene rings is 2. The lowest BCUT2D eigenvalue weighted by Crippen LogP contribution is -2.39. The van der Waals surface area contributed by atoms with Crippen LogP contribution in [0.2, 0.25) is 0 Å². The van der Waals surface area contributed by atoms with Crippen molar-refractivity contribution in [1.29, 1.82) is 0 Å². The monoisotopic (exact) mass is 518 g/mol. The fraction of sp³-hybridized carbons (Fsp3) is 0.296. The third kappa shape index (κ3) is 5.07. The van der Waals surface area contributed by atoms with Gasteiger partial charge in [-0.05, 0) is 63.1 Å². The van der Waals surface area contributed by atoms with Crippen LogP contribution in [0.4, 0.5) is 11.4 Å². The maximum atomic E-state index is 13.0. The number of carbonyl (C=O) groups is 1. The lowest BCUT2D eigenvalue weighted by atomic mass is 10.0. The fourth-order valence-corrected chi connectivity index (χ4v) is 5.45. The van der Waals surface area contributed by atoms with Gasteiger partial charge in [-0.2, -0.15) is 0 Å². The Morgan fingerprint density at radius 1 is 1.08 bits per heavy atom. The summed E-state index contributed by atoms with van der Waals surface area (Å²) in [5, 5.41) is 2.42. The number of piperidine rings is 1. The summed E-state index contributed by atoms with van der Waals surface area (Å²) in [6.07, 6.45) is 5.21. The molecule has 37 heavy (non-hydrogen) atoms. The molecule has 0 atom stereocenters. The van der Waals surface area contributed by atoms with Crippen molar-refractivity contribution < 1.29 is 13.2 Å². The molecule has 4 N–H and O–H groups in total. The van der Waals surface area contributed by atoms with Gasteiger partial charge in [0, 0.05) is 42.1 Å². The smallest absolute Gasteiger partial charge is 0.255 e. The average molecular weight is 519 g/mol. The van der Waals surface area contributed by atoms with E-state index in [1.807, 2.05) is 24.3 Å². The minimum atomic E-state index is -3.36. The Kier molecular flexibility index (Phi) is 6.70. The van der Waals surface area contributed by atoms with Gasteiger partial charge >= 0.3 is 0 Å². The SMILES string of the molecule is CC(C)S(=O)(=O)c1ccc(-c2cnc3[nH]cc(NC(=O)c4ccc(N5CCC(N)CC5)cc4)c3n2)cc1. The summed E-state index contributed by atoms with van der Waals surface area (Å²) in [5.41, 5.74) is 10.5. The molecule has 0 saturated carbocycles. The van der Waals surface area contributed by atoms with E-state index in [2.05, 4.69) is 25.2 Å². The third-order valence-electron chi connectivity index (χ3n) is 6.76. The Bertz CT molecular complexity index is 1520. The maximum absolute atomic E-state index is 13.0. The Morgan fingerprint density at radius 2 is 1.76 bits per heavy atom. The van der Waals surface area contributed by atoms with Gasteiger partial charge in [0.2, 0.25) is 0 Å². The van der Waals surface area contributed by atoms with Crippen molar-refractivity contribution in [2.75, 3.05) is 23.3 Å². The number of sulfone groups is 1. The molecule has 10 heteroatoms. The molecule has 9 nitrogen and oxygen atoms in total. The minimum Gasteiger partial charge on any atom is -0.371 e. The Labute approximate surface area is 216 Å². The summed E-state index contributed by atoms with van der Waals surface area (Å²) in [4.78, 5) is 27.7. The first kappa shape index (κ1) is 24.9. The number of aromatic amines is 1. The molecule has 1 aliphatic heterocycles. The van der Waals surface area contributed by atoms with Crippen LogP contribution in [0, 0.1) is 0 Å². The zero-order valence-electron chi connectivity index (χ0n) is 20.8. The second-order valence-corrected chi connectivity index (χ2v) is 12.1. The minimum absolute atomic E-state index is 0.247. The van der Waals surface area contributed by atoms with E-state index in [1.54, 1.807) is 50.5 Å². The van der Waals surface area contributed by atoms with Gasteiger partial charge in [-0.25, -0.2) is 18.4 Å². The summed E-state index contributed by atoms with van der Waals surface area (Å²) in [7, 11) is -3.36. The molecule has 1 saturated heterocycles. The van der Waals surface area contributed by atoms with E-state index < -0.39 is 15.1 Å². The zero-order valence-corrected chi connectivity index (χ0v) is 21.6. The standard InChI is InChI=1S/C27H30N6O3S/c1-17(2)37(35,36)22-9-5-18(6-10-22)23-15-29-26-25(31-23)24(16-30-26)32-27(34)19-3-7-21(8-4-19)33-13-11-20(28)12-14-33/h3-10,15-17,20H,11-14,28H2,1-2H3,(H,29,30)(H,32,34). The van der Waals surface area contributed by atoms with Gasteiger partial charge in [0.1, 0.15) is 5.52 Å². The number of H-pyrrole nitrogens is 1. The van der Waals surface area contributed by atoms with E-state index in [1.165, 1.54) is 0 Å². The number of amides is 1. The zero-order chi connectivity index (χ0) is 26.2. The van der Waals surface area contributed by atoms with Crippen LogP contribution in [0.15, 0.2) is 65.8 Å². The molecule has 0 aliphatic carbocycles. The van der Waals surface area contributed by atoms with Crippen molar-refractivity contribution in [3.8, 4) is 11.3 Å². The molecule has 192 valence electrons. The number of rotatable bonds is 6. The van der Waals surface area contributed by atoms with Crippen LogP contribution in [-0.4, -0.2) is 53.7 Å². The van der Waals surface area contributed by atoms with Gasteiger partial charge in [-0.3, -0.25) is 4.79 Å². The fourth-order valence-electron chi connectivity index (χ4n) is 4.39. The number of nitrogens with zero attached hydrogens (tertiary/aromatic N) is 3. The van der Waals surface area contributed by atoms with Crippen molar-refractivity contribution in [1.82, 2.24) is 15.0 Å². The summed E-state index contributed by atoms with van der Waals surface area (Å²) in [5.74, 6) is -0.247. The van der Waals surface area contributed by atoms with Crippen LogP contribution in [0.25, 0.3) is 22.4 Å². The van der Waals surface area contributed by atoms with Gasteiger partial charge in [0.05, 0.1) is 27.7 Å². The highest BCUT2D eigenvalue weighted by Gasteiger charge is 2.20. The molecule has 0 unspecified atom stereocenters. The van der Waals surface area contributed by atoms with Crippen molar-refractivity contribution in [3.05, 3.63) is 66.5 Å². The molecule has 1 fully saturated rings. The number of nitrogens with two attached hydrogens (primary N) is 1. The number of hydrogen-bond acceptors (Lipinski definition) is 7. The van der Waals surface area contributed by atoms with E-state index in [-0.39, 0.29) is 16.8 Å². The lowest BCUT2D eigenvalue weighted by molar-refractivity contribution is 0.102. The molecular weight excluding hydrogens is 488 g/mol. The Hall–Kier alpha value is -3.76. The topological polar surface area (TPSA) is 134 Å². The first-order chi connectivity index (χ1) is 17.7. The molecule has 0 bridgehead atoms. The quantitative estimate of drug-likeness (QED) is 0.351. The number of aromatic nitrogens is 3. The molecule has 4 aromatic rings. The van der Waals surface area contributed by atoms with E-state index in [4.69, 9.17) is 5.73 Å². The molecule has 2 aromatic carbocycles. The van der Waals surface area contributed by atoms with Crippen molar-refractivity contribution in [2.45, 2.75) is 42.9 Å². The number of hydrogen-bond donors (Lipinski definition) is 3. The lowest BCUT2D eigenvalue weighted by Gasteiger charge is -2.32. The molecule has 1 aliphatic rings. The number of carbonyl (C=O) groups excluding carboxylic acids is 1. The summed E-state index contributed by atoms with van der Waals surface area (Å²) in [6, 6.07) is 14.4. The highest BCUT2D eigenvalue weighted by Crippen LogP contribution is 2.26. The van der Waals surface area contributed by atoms with Crippen LogP contribution in [0.3, 0.4) is 0 Å². The van der Waals surface area contributed by atoms with Gasteiger partial charge in [-0.1, -0.05) is 12.1 Å². The summed E-state index contributed by atoms with van der Waals surface area (Å²) in [6.45, 7) is 5.14. The average Bonchev–Trinajstić information content (AvgIpc) is 3.31. The van der Waals surface area contributed by atoms with E-state index in [0.29, 0.717) is 28.1 Å². The molecule has 0 radical (unpaired) electrons. The van der Waals surface area contributed by atoms with E-state index in [9.17, 15) is 13.2 Å². The molecule has 2 aromatic heterocycles. The molecule has 1 amide bonds. The number of anilines is 2. The van der Waals surface area contributed by atoms with Crippen LogP contribution < -0.4 is 16.0 Å². The first-order valence-electron chi connectivity index (χ1n) is 12.3. The summed E-state index contributed by atoms with van der Waals surface area (Å²) < 4.78 is 24.8. The van der Waals surface area contributed by atoms with Crippen molar-refractivity contribution in [2.24, 2.45) is 5.73 Å². The number of fused-ring (bicyclic) bond motifs is 1. The van der Waals surface area contributed by atoms with Gasteiger partial charge in [-0.15, -0.1) is 0 Å². The van der Waals surface area contributed by atoms with Crippen molar-refractivity contribution >= 4 is 38.3 Å². The van der Waals surface area contributed by atoms with Crippen molar-refractivity contribution in [3.63, 3.8) is 0 Å². The predicted octanol–water partition coefficient (Wildman–Crippen LogP) is 3.99. The van der Waals surface area contributed by atoms with Crippen LogP contribution in [0.5, 0.6) is 0 Å². The highest BCUT2D eigenvalue weighted by molar-refractivity contribution is 7.92. The van der Waals surface area contributed by atoms with Gasteiger partial charge in [0.15, 0.2) is 15.5 Å². The molecule has 0 spiro atoms. The van der Waals surface area contributed by atoms with E-state index >= 15 is 0 Å². The third-order valence-corrected chi connectivity index (χ3v) is 8.93. The molecule has 5 rings (SSSR count). The van der Waals surface area contributed by atoms with Gasteiger partial charge in [0.25, 0.3) is 5.91 Å².